The van der Waals surface area contributed by atoms with E-state index in [1.165, 1.54) is 18.4 Å². The summed E-state index contributed by atoms with van der Waals surface area (Å²) in [7, 11) is 2.06. The molecule has 1 aliphatic rings. The van der Waals surface area contributed by atoms with Gasteiger partial charge in [-0.1, -0.05) is 13.8 Å². The molecule has 0 amide bonds. The van der Waals surface area contributed by atoms with E-state index in [2.05, 4.69) is 59.3 Å². The van der Waals surface area contributed by atoms with Gasteiger partial charge in [0, 0.05) is 25.0 Å². The molecule has 0 radical (unpaired) electrons. The van der Waals surface area contributed by atoms with Crippen LogP contribution in [-0.4, -0.2) is 26.4 Å². The van der Waals surface area contributed by atoms with Crippen molar-refractivity contribution in [2.45, 2.75) is 45.8 Å². The van der Waals surface area contributed by atoms with Crippen molar-refractivity contribution in [2.75, 3.05) is 7.05 Å². The zero-order valence-corrected chi connectivity index (χ0v) is 13.2. The van der Waals surface area contributed by atoms with Crippen molar-refractivity contribution >= 4 is 0 Å². The normalized spacial score (nSPS) is 16.6. The third kappa shape index (κ3) is 3.35. The van der Waals surface area contributed by atoms with Gasteiger partial charge in [0.2, 0.25) is 0 Å². The Morgan fingerprint density at radius 2 is 2.19 bits per heavy atom. The number of rotatable bonds is 7. The van der Waals surface area contributed by atoms with E-state index in [9.17, 15) is 0 Å². The second kappa shape index (κ2) is 6.02. The molecule has 1 saturated carbocycles. The molecule has 0 saturated heterocycles. The summed E-state index contributed by atoms with van der Waals surface area (Å²) in [6, 6.07) is 2.72. The van der Waals surface area contributed by atoms with Crippen molar-refractivity contribution in [1.29, 1.82) is 0 Å². The predicted octanol–water partition coefficient (Wildman–Crippen LogP) is 2.45. The number of nitrogens with one attached hydrogen (secondary N) is 1. The Bertz CT molecular complexity index is 579. The van der Waals surface area contributed by atoms with Crippen LogP contribution in [0.1, 0.15) is 44.1 Å². The summed E-state index contributed by atoms with van der Waals surface area (Å²) in [5.74, 6) is 2.42. The highest BCUT2D eigenvalue weighted by molar-refractivity contribution is 5.18. The van der Waals surface area contributed by atoms with Crippen LogP contribution in [0.4, 0.5) is 0 Å². The average Bonchev–Trinajstić information content (AvgIpc) is 3.02. The van der Waals surface area contributed by atoms with Gasteiger partial charge in [-0.15, -0.1) is 0 Å². The van der Waals surface area contributed by atoms with E-state index < -0.39 is 0 Å². The topological polar surface area (TPSA) is 47.7 Å². The Kier molecular flexibility index (Phi) is 4.10. The lowest BCUT2D eigenvalue weighted by molar-refractivity contribution is 0.460. The molecule has 1 unspecified atom stereocenters. The third-order valence-electron chi connectivity index (χ3n) is 4.09. The molecule has 1 N–H and O–H groups in total. The van der Waals surface area contributed by atoms with Gasteiger partial charge in [-0.3, -0.25) is 0 Å². The van der Waals surface area contributed by atoms with E-state index in [1.54, 1.807) is 6.33 Å². The van der Waals surface area contributed by atoms with Crippen molar-refractivity contribution in [3.05, 3.63) is 36.2 Å². The van der Waals surface area contributed by atoms with Crippen LogP contribution in [0.2, 0.25) is 0 Å². The van der Waals surface area contributed by atoms with Gasteiger partial charge in [0.05, 0.1) is 6.54 Å². The standard InChI is InChI=1S/C16H25N5/c1-12(2)8-21-15(18-11-19-21)10-20-7-6-14(9-20)16(17-3)13-4-5-13/h6-7,9,11-13,16-17H,4-5,8,10H2,1-3H3. The molecule has 5 nitrogen and oxygen atoms in total. The quantitative estimate of drug-likeness (QED) is 0.851. The van der Waals surface area contributed by atoms with E-state index in [-0.39, 0.29) is 0 Å². The first-order valence-electron chi connectivity index (χ1n) is 7.87. The van der Waals surface area contributed by atoms with Crippen LogP contribution in [-0.2, 0) is 13.1 Å². The summed E-state index contributed by atoms with van der Waals surface area (Å²) >= 11 is 0. The van der Waals surface area contributed by atoms with Crippen LogP contribution in [0.15, 0.2) is 24.8 Å². The molecule has 0 aromatic carbocycles. The highest BCUT2D eigenvalue weighted by Gasteiger charge is 2.31. The highest BCUT2D eigenvalue weighted by atomic mass is 15.3. The molecule has 2 aromatic heterocycles. The minimum Gasteiger partial charge on any atom is -0.346 e. The molecule has 3 rings (SSSR count). The molecule has 21 heavy (non-hydrogen) atoms. The summed E-state index contributed by atoms with van der Waals surface area (Å²) < 4.78 is 4.23. The molecule has 1 atom stereocenters. The van der Waals surface area contributed by atoms with E-state index in [1.807, 2.05) is 4.68 Å². The Labute approximate surface area is 126 Å². The van der Waals surface area contributed by atoms with Crippen LogP contribution in [0.5, 0.6) is 0 Å². The fourth-order valence-electron chi connectivity index (χ4n) is 2.92. The van der Waals surface area contributed by atoms with Gasteiger partial charge in [0.15, 0.2) is 0 Å². The minimum atomic E-state index is 0.500. The number of aromatic nitrogens is 4. The Hall–Kier alpha value is -1.62. The molecule has 0 bridgehead atoms. The van der Waals surface area contributed by atoms with Crippen molar-refractivity contribution in [2.24, 2.45) is 11.8 Å². The zero-order valence-electron chi connectivity index (χ0n) is 13.2. The Morgan fingerprint density at radius 1 is 1.38 bits per heavy atom. The van der Waals surface area contributed by atoms with Gasteiger partial charge < -0.3 is 9.88 Å². The number of hydrogen-bond donors (Lipinski definition) is 1. The lowest BCUT2D eigenvalue weighted by atomic mass is 10.1. The monoisotopic (exact) mass is 287 g/mol. The molecule has 1 fully saturated rings. The van der Waals surface area contributed by atoms with Crippen molar-refractivity contribution in [1.82, 2.24) is 24.6 Å². The maximum Gasteiger partial charge on any atom is 0.146 e. The summed E-state index contributed by atoms with van der Waals surface area (Å²) in [6.07, 6.45) is 8.74. The zero-order chi connectivity index (χ0) is 14.8. The molecule has 2 heterocycles. The SMILES string of the molecule is CNC(c1ccn(Cc2ncnn2CC(C)C)c1)C1CC1. The van der Waals surface area contributed by atoms with Gasteiger partial charge in [-0.25, -0.2) is 9.67 Å². The molecule has 1 aliphatic carbocycles. The Morgan fingerprint density at radius 3 is 2.86 bits per heavy atom. The average molecular weight is 287 g/mol. The van der Waals surface area contributed by atoms with Crippen molar-refractivity contribution in [3.8, 4) is 0 Å². The fraction of sp³-hybridized carbons (Fsp3) is 0.625. The van der Waals surface area contributed by atoms with E-state index in [4.69, 9.17) is 0 Å². The molecular weight excluding hydrogens is 262 g/mol. The summed E-state index contributed by atoms with van der Waals surface area (Å²) in [5, 5.41) is 7.77. The van der Waals surface area contributed by atoms with Gasteiger partial charge in [-0.05, 0) is 43.4 Å². The maximum atomic E-state index is 4.40. The third-order valence-corrected chi connectivity index (χ3v) is 4.09. The van der Waals surface area contributed by atoms with Crippen LogP contribution in [0.25, 0.3) is 0 Å². The fourth-order valence-corrected chi connectivity index (χ4v) is 2.92. The van der Waals surface area contributed by atoms with Crippen LogP contribution >= 0.6 is 0 Å². The molecule has 114 valence electrons. The van der Waals surface area contributed by atoms with Crippen LogP contribution in [0, 0.1) is 11.8 Å². The van der Waals surface area contributed by atoms with Crippen molar-refractivity contribution in [3.63, 3.8) is 0 Å². The second-order valence-corrected chi connectivity index (χ2v) is 6.47. The first kappa shape index (κ1) is 14.3. The highest BCUT2D eigenvalue weighted by Crippen LogP contribution is 2.40. The van der Waals surface area contributed by atoms with Gasteiger partial charge in [0.25, 0.3) is 0 Å². The second-order valence-electron chi connectivity index (χ2n) is 6.47. The molecule has 0 aliphatic heterocycles. The number of nitrogens with zero attached hydrogens (tertiary/aromatic N) is 4. The van der Waals surface area contributed by atoms with Crippen molar-refractivity contribution < 1.29 is 0 Å². The van der Waals surface area contributed by atoms with E-state index in [0.717, 1.165) is 24.8 Å². The Balaban J connectivity index is 1.71. The van der Waals surface area contributed by atoms with Crippen LogP contribution < -0.4 is 5.32 Å². The summed E-state index contributed by atoms with van der Waals surface area (Å²) in [6.45, 7) is 6.11. The van der Waals surface area contributed by atoms with E-state index in [0.29, 0.717) is 12.0 Å². The first-order chi connectivity index (χ1) is 10.2. The molecular formula is C16H25N5. The largest absolute Gasteiger partial charge is 0.346 e. The first-order valence-corrected chi connectivity index (χ1v) is 7.87. The maximum absolute atomic E-state index is 4.40. The predicted molar refractivity (Wildman–Crippen MR) is 82.9 cm³/mol. The van der Waals surface area contributed by atoms with Gasteiger partial charge in [0.1, 0.15) is 12.2 Å². The lowest BCUT2D eigenvalue weighted by Crippen LogP contribution is -2.17. The molecule has 2 aromatic rings. The molecule has 5 heteroatoms. The lowest BCUT2D eigenvalue weighted by Gasteiger charge is -2.13. The molecule has 0 spiro atoms. The summed E-state index contributed by atoms with van der Waals surface area (Å²) in [4.78, 5) is 4.40. The van der Waals surface area contributed by atoms with E-state index >= 15 is 0 Å². The smallest absolute Gasteiger partial charge is 0.146 e. The van der Waals surface area contributed by atoms with Gasteiger partial charge >= 0.3 is 0 Å². The number of hydrogen-bond acceptors (Lipinski definition) is 3. The summed E-state index contributed by atoms with van der Waals surface area (Å²) in [5.41, 5.74) is 1.38. The van der Waals surface area contributed by atoms with Crippen LogP contribution in [0.3, 0.4) is 0 Å². The van der Waals surface area contributed by atoms with Gasteiger partial charge in [-0.2, -0.15) is 5.10 Å². The minimum absolute atomic E-state index is 0.500.